The molecule has 0 heterocycles. The van der Waals surface area contributed by atoms with E-state index in [1.165, 1.54) is 6.92 Å². The van der Waals surface area contributed by atoms with Gasteiger partial charge >= 0.3 is 0 Å². The monoisotopic (exact) mass is 491 g/mol. The third-order valence-corrected chi connectivity index (χ3v) is 4.67. The van der Waals surface area contributed by atoms with Gasteiger partial charge in [-0.25, -0.2) is 0 Å². The predicted octanol–water partition coefficient (Wildman–Crippen LogP) is 5.61. The van der Waals surface area contributed by atoms with Crippen molar-refractivity contribution in [1.82, 2.24) is 0 Å². The van der Waals surface area contributed by atoms with Gasteiger partial charge < -0.3 is 24.3 Å². The Balaban J connectivity index is 2.43. The van der Waals surface area contributed by atoms with Gasteiger partial charge in [0, 0.05) is 0 Å². The lowest BCUT2D eigenvalue weighted by Gasteiger charge is -2.18. The molecule has 0 aliphatic rings. The number of ketones is 1. The van der Waals surface area contributed by atoms with Crippen molar-refractivity contribution in [3.8, 4) is 23.0 Å². The van der Waals surface area contributed by atoms with E-state index in [1.54, 1.807) is 44.2 Å². The number of carbonyl (C=O) groups is 2. The first-order valence-corrected chi connectivity index (χ1v) is 11.4. The number of ether oxygens (including phenoxy) is 4. The Morgan fingerprint density at radius 3 is 1.97 bits per heavy atom. The van der Waals surface area contributed by atoms with E-state index in [4.69, 9.17) is 30.5 Å². The van der Waals surface area contributed by atoms with Crippen LogP contribution < -0.4 is 24.3 Å². The molecule has 10 heteroatoms. The summed E-state index contributed by atoms with van der Waals surface area (Å²) in [5.41, 5.74) is 0.505. The second-order valence-corrected chi connectivity index (χ2v) is 7.21. The van der Waals surface area contributed by atoms with Gasteiger partial charge in [-0.05, 0) is 58.9 Å². The lowest BCUT2D eigenvalue weighted by Crippen LogP contribution is -2.32. The van der Waals surface area contributed by atoms with Gasteiger partial charge in [0.15, 0.2) is 28.7 Å². The van der Waals surface area contributed by atoms with Gasteiger partial charge in [-0.2, -0.15) is 5.11 Å². The van der Waals surface area contributed by atoms with E-state index in [-0.39, 0.29) is 22.1 Å². The summed E-state index contributed by atoms with van der Waals surface area (Å²) in [4.78, 5) is 25.5. The van der Waals surface area contributed by atoms with Crippen LogP contribution in [0.1, 0.15) is 34.6 Å². The highest BCUT2D eigenvalue weighted by atomic mass is 35.5. The zero-order valence-corrected chi connectivity index (χ0v) is 20.8. The number of nitrogens with one attached hydrogen (secondary N) is 1. The molecule has 2 aromatic carbocycles. The van der Waals surface area contributed by atoms with Crippen LogP contribution in [0.25, 0.3) is 0 Å². The molecule has 1 atom stereocenters. The van der Waals surface area contributed by atoms with Crippen molar-refractivity contribution < 1.29 is 28.5 Å². The molecule has 0 aliphatic carbocycles. The summed E-state index contributed by atoms with van der Waals surface area (Å²) >= 11 is 6.27. The molecule has 0 saturated carbocycles. The fourth-order valence-corrected chi connectivity index (χ4v) is 3.20. The van der Waals surface area contributed by atoms with Crippen molar-refractivity contribution in [2.75, 3.05) is 31.7 Å². The van der Waals surface area contributed by atoms with Gasteiger partial charge in [0.1, 0.15) is 11.4 Å². The van der Waals surface area contributed by atoms with Gasteiger partial charge in [0.05, 0.1) is 31.5 Å². The summed E-state index contributed by atoms with van der Waals surface area (Å²) in [6.45, 7) is 9.95. The maximum Gasteiger partial charge on any atom is 0.259 e. The Morgan fingerprint density at radius 1 is 0.882 bits per heavy atom. The summed E-state index contributed by atoms with van der Waals surface area (Å²) < 4.78 is 22.4. The Bertz CT molecular complexity index is 1000. The molecule has 34 heavy (non-hydrogen) atoms. The van der Waals surface area contributed by atoms with Gasteiger partial charge in [-0.15, -0.1) is 5.11 Å². The molecular formula is C24H30ClN3O6. The highest BCUT2D eigenvalue weighted by Crippen LogP contribution is 2.41. The van der Waals surface area contributed by atoms with E-state index in [9.17, 15) is 9.59 Å². The SMILES string of the molecule is CCOc1cccc(OCC)c1N=NC(C(C)=O)C(=O)Nc1c(OCC)ccc(Cl)c1OCC. The van der Waals surface area contributed by atoms with Crippen LogP contribution in [-0.2, 0) is 9.59 Å². The van der Waals surface area contributed by atoms with E-state index in [1.807, 2.05) is 13.8 Å². The zero-order valence-electron chi connectivity index (χ0n) is 20.0. The van der Waals surface area contributed by atoms with Crippen LogP contribution in [0.4, 0.5) is 11.4 Å². The number of rotatable bonds is 13. The average Bonchev–Trinajstić information content (AvgIpc) is 2.80. The molecule has 0 fully saturated rings. The molecule has 0 spiro atoms. The Labute approximate surface area is 204 Å². The largest absolute Gasteiger partial charge is 0.492 e. The summed E-state index contributed by atoms with van der Waals surface area (Å²) in [5, 5.41) is 11.2. The standard InChI is InChI=1S/C24H30ClN3O6/c1-6-31-17-11-10-12-18(32-7-2)21(17)28-27-20(15(5)29)24(30)26-22-19(33-8-3)14-13-16(25)23(22)34-9-4/h10-14,20H,6-9H2,1-5H3,(H,26,30). The third-order valence-electron chi connectivity index (χ3n) is 4.38. The first-order valence-electron chi connectivity index (χ1n) is 11.1. The number of benzene rings is 2. The lowest BCUT2D eigenvalue weighted by atomic mass is 10.2. The average molecular weight is 492 g/mol. The number of anilines is 1. The number of amides is 1. The number of Topliss-reactive ketones (excluding diaryl/α,β-unsaturated/α-hetero) is 1. The van der Waals surface area contributed by atoms with Crippen molar-refractivity contribution in [3.05, 3.63) is 35.4 Å². The van der Waals surface area contributed by atoms with Crippen molar-refractivity contribution >= 4 is 34.7 Å². The zero-order chi connectivity index (χ0) is 25.1. The van der Waals surface area contributed by atoms with Crippen molar-refractivity contribution in [2.45, 2.75) is 40.7 Å². The Hall–Kier alpha value is -3.33. The molecule has 1 N–H and O–H groups in total. The normalized spacial score (nSPS) is 11.7. The molecule has 0 aliphatic heterocycles. The van der Waals surface area contributed by atoms with Crippen molar-refractivity contribution in [3.63, 3.8) is 0 Å². The second kappa shape index (κ2) is 13.4. The van der Waals surface area contributed by atoms with E-state index in [2.05, 4.69) is 15.5 Å². The second-order valence-electron chi connectivity index (χ2n) is 6.80. The lowest BCUT2D eigenvalue weighted by molar-refractivity contribution is -0.126. The minimum absolute atomic E-state index is 0.215. The molecule has 0 bridgehead atoms. The number of hydrogen-bond acceptors (Lipinski definition) is 8. The molecule has 184 valence electrons. The Morgan fingerprint density at radius 2 is 1.44 bits per heavy atom. The van der Waals surface area contributed by atoms with Crippen LogP contribution in [0.2, 0.25) is 5.02 Å². The van der Waals surface area contributed by atoms with Gasteiger partial charge in [-0.1, -0.05) is 17.7 Å². The first-order chi connectivity index (χ1) is 16.4. The number of azo groups is 1. The van der Waals surface area contributed by atoms with Crippen LogP contribution in [0.5, 0.6) is 23.0 Å². The molecule has 9 nitrogen and oxygen atoms in total. The summed E-state index contributed by atoms with van der Waals surface area (Å²) in [6.07, 6.45) is 0. The smallest absolute Gasteiger partial charge is 0.259 e. The van der Waals surface area contributed by atoms with Crippen LogP contribution in [0.15, 0.2) is 40.6 Å². The minimum atomic E-state index is -1.44. The topological polar surface area (TPSA) is 108 Å². The molecule has 2 rings (SSSR count). The summed E-state index contributed by atoms with van der Waals surface area (Å²) in [7, 11) is 0. The number of halogens is 1. The molecule has 2 aromatic rings. The highest BCUT2D eigenvalue weighted by Gasteiger charge is 2.27. The number of hydrogen-bond donors (Lipinski definition) is 1. The number of nitrogens with zero attached hydrogens (tertiary/aromatic N) is 2. The van der Waals surface area contributed by atoms with E-state index in [0.717, 1.165) is 0 Å². The van der Waals surface area contributed by atoms with Gasteiger partial charge in [0.2, 0.25) is 6.04 Å². The maximum absolute atomic E-state index is 13.1. The molecule has 0 saturated heterocycles. The third kappa shape index (κ3) is 6.84. The molecule has 0 radical (unpaired) electrons. The minimum Gasteiger partial charge on any atom is -0.492 e. The Kier molecular flexibility index (Phi) is 10.6. The fraction of sp³-hybridized carbons (Fsp3) is 0.417. The molecular weight excluding hydrogens is 462 g/mol. The van der Waals surface area contributed by atoms with Crippen LogP contribution in [0.3, 0.4) is 0 Å². The first kappa shape index (κ1) is 26.9. The molecule has 1 amide bonds. The molecule has 0 aromatic heterocycles. The predicted molar refractivity (Wildman–Crippen MR) is 130 cm³/mol. The van der Waals surface area contributed by atoms with Gasteiger partial charge in [0.25, 0.3) is 5.91 Å². The van der Waals surface area contributed by atoms with Crippen molar-refractivity contribution in [2.24, 2.45) is 10.2 Å². The van der Waals surface area contributed by atoms with Crippen LogP contribution in [0, 0.1) is 0 Å². The van der Waals surface area contributed by atoms with Crippen LogP contribution in [-0.4, -0.2) is 44.2 Å². The molecule has 1 unspecified atom stereocenters. The van der Waals surface area contributed by atoms with E-state index >= 15 is 0 Å². The quantitative estimate of drug-likeness (QED) is 0.288. The van der Waals surface area contributed by atoms with E-state index in [0.29, 0.717) is 43.7 Å². The van der Waals surface area contributed by atoms with Crippen LogP contribution >= 0.6 is 11.6 Å². The maximum atomic E-state index is 13.1. The summed E-state index contributed by atoms with van der Waals surface area (Å²) in [5.74, 6) is 0.212. The highest BCUT2D eigenvalue weighted by molar-refractivity contribution is 6.33. The fourth-order valence-electron chi connectivity index (χ4n) is 2.99. The number of carbonyl (C=O) groups excluding carboxylic acids is 2. The van der Waals surface area contributed by atoms with E-state index < -0.39 is 17.7 Å². The summed E-state index contributed by atoms with van der Waals surface area (Å²) in [6, 6.07) is 6.95. The van der Waals surface area contributed by atoms with Gasteiger partial charge in [-0.3, -0.25) is 9.59 Å². The van der Waals surface area contributed by atoms with Crippen molar-refractivity contribution in [1.29, 1.82) is 0 Å².